The van der Waals surface area contributed by atoms with Crippen LogP contribution in [-0.4, -0.2) is 48.4 Å². The minimum atomic E-state index is -0.666. The monoisotopic (exact) mass is 249 g/mol. The van der Waals surface area contributed by atoms with Gasteiger partial charge in [0.15, 0.2) is 0 Å². The van der Waals surface area contributed by atoms with Crippen LogP contribution in [0.2, 0.25) is 0 Å². The molecule has 18 heavy (non-hydrogen) atoms. The summed E-state index contributed by atoms with van der Waals surface area (Å²) < 4.78 is 0. The van der Waals surface area contributed by atoms with E-state index in [4.69, 9.17) is 0 Å². The lowest BCUT2D eigenvalue weighted by molar-refractivity contribution is -0.144. The Labute approximate surface area is 110 Å². The van der Waals surface area contributed by atoms with Crippen LogP contribution in [0.25, 0.3) is 0 Å². The van der Waals surface area contributed by atoms with Gasteiger partial charge in [0.05, 0.1) is 6.07 Å². The average Bonchev–Trinajstić information content (AvgIpc) is 2.28. The van der Waals surface area contributed by atoms with Crippen molar-refractivity contribution in [2.45, 2.75) is 33.1 Å². The second kappa shape index (κ2) is 5.27. The van der Waals surface area contributed by atoms with Crippen molar-refractivity contribution in [3.05, 3.63) is 0 Å². The molecule has 1 amide bonds. The summed E-state index contributed by atoms with van der Waals surface area (Å²) in [6, 6.07) is 2.25. The second-order valence-electron chi connectivity index (χ2n) is 6.03. The van der Waals surface area contributed by atoms with Crippen molar-refractivity contribution in [3.8, 4) is 6.07 Å². The number of hydrogen-bond acceptors (Lipinski definition) is 3. The third kappa shape index (κ3) is 2.51. The van der Waals surface area contributed by atoms with Gasteiger partial charge in [-0.1, -0.05) is 13.8 Å². The van der Waals surface area contributed by atoms with Crippen molar-refractivity contribution >= 4 is 5.91 Å². The first-order valence-electron chi connectivity index (χ1n) is 7.00. The fourth-order valence-corrected chi connectivity index (χ4v) is 2.86. The van der Waals surface area contributed by atoms with Crippen molar-refractivity contribution < 1.29 is 4.79 Å². The number of rotatable bonds is 3. The van der Waals surface area contributed by atoms with Crippen LogP contribution in [0.15, 0.2) is 0 Å². The molecule has 0 N–H and O–H groups in total. The van der Waals surface area contributed by atoms with Crippen molar-refractivity contribution in [1.82, 2.24) is 9.80 Å². The van der Waals surface area contributed by atoms with Crippen molar-refractivity contribution in [3.63, 3.8) is 0 Å². The summed E-state index contributed by atoms with van der Waals surface area (Å²) in [6.07, 6.45) is 2.54. The van der Waals surface area contributed by atoms with E-state index in [1.165, 1.54) is 0 Å². The van der Waals surface area contributed by atoms with Gasteiger partial charge < -0.3 is 4.90 Å². The highest BCUT2D eigenvalue weighted by Crippen LogP contribution is 2.41. The molecule has 1 heterocycles. The van der Waals surface area contributed by atoms with Gasteiger partial charge >= 0.3 is 0 Å². The molecule has 0 unspecified atom stereocenters. The van der Waals surface area contributed by atoms with Crippen LogP contribution in [0.5, 0.6) is 0 Å². The van der Waals surface area contributed by atoms with Gasteiger partial charge in [-0.15, -0.1) is 0 Å². The number of piperazine rings is 1. The Morgan fingerprint density at radius 2 is 1.89 bits per heavy atom. The topological polar surface area (TPSA) is 47.3 Å². The van der Waals surface area contributed by atoms with E-state index in [-0.39, 0.29) is 5.91 Å². The molecule has 1 aliphatic heterocycles. The SMILES string of the molecule is CC(C)CN1CCN(C(=O)C2(C#N)CCC2)CC1. The molecule has 2 fully saturated rings. The summed E-state index contributed by atoms with van der Waals surface area (Å²) in [5.41, 5.74) is -0.666. The van der Waals surface area contributed by atoms with E-state index in [9.17, 15) is 10.1 Å². The Hall–Kier alpha value is -1.08. The normalized spacial score (nSPS) is 23.6. The number of nitrogens with zero attached hydrogens (tertiary/aromatic N) is 3. The van der Waals surface area contributed by atoms with Crippen LogP contribution < -0.4 is 0 Å². The van der Waals surface area contributed by atoms with E-state index < -0.39 is 5.41 Å². The van der Waals surface area contributed by atoms with Crippen LogP contribution in [0.3, 0.4) is 0 Å². The van der Waals surface area contributed by atoms with E-state index in [2.05, 4.69) is 24.8 Å². The fraction of sp³-hybridized carbons (Fsp3) is 0.857. The Morgan fingerprint density at radius 1 is 1.28 bits per heavy atom. The zero-order valence-electron chi connectivity index (χ0n) is 11.5. The van der Waals surface area contributed by atoms with Crippen molar-refractivity contribution in [2.75, 3.05) is 32.7 Å². The number of nitriles is 1. The highest BCUT2D eigenvalue weighted by molar-refractivity contribution is 5.86. The summed E-state index contributed by atoms with van der Waals surface area (Å²) in [5.74, 6) is 0.754. The highest BCUT2D eigenvalue weighted by Gasteiger charge is 2.47. The summed E-state index contributed by atoms with van der Waals surface area (Å²) in [7, 11) is 0. The molecule has 4 nitrogen and oxygen atoms in total. The van der Waals surface area contributed by atoms with Gasteiger partial charge in [-0.3, -0.25) is 9.69 Å². The molecule has 0 spiro atoms. The van der Waals surface area contributed by atoms with Crippen LogP contribution in [-0.2, 0) is 4.79 Å². The molecule has 1 saturated carbocycles. The quantitative estimate of drug-likeness (QED) is 0.761. The van der Waals surface area contributed by atoms with Crippen LogP contribution in [0, 0.1) is 22.7 Å². The predicted molar refractivity (Wildman–Crippen MR) is 69.8 cm³/mol. The van der Waals surface area contributed by atoms with E-state index in [1.54, 1.807) is 0 Å². The van der Waals surface area contributed by atoms with E-state index in [1.807, 2.05) is 4.90 Å². The Kier molecular flexibility index (Phi) is 3.91. The molecule has 100 valence electrons. The van der Waals surface area contributed by atoms with Gasteiger partial charge in [-0.25, -0.2) is 0 Å². The fourth-order valence-electron chi connectivity index (χ4n) is 2.86. The Morgan fingerprint density at radius 3 is 2.28 bits per heavy atom. The molecule has 0 atom stereocenters. The average molecular weight is 249 g/mol. The third-order valence-corrected chi connectivity index (χ3v) is 4.11. The Bertz CT molecular complexity index is 347. The number of hydrogen-bond donors (Lipinski definition) is 0. The minimum Gasteiger partial charge on any atom is -0.339 e. The smallest absolute Gasteiger partial charge is 0.243 e. The summed E-state index contributed by atoms with van der Waals surface area (Å²) in [4.78, 5) is 16.7. The van der Waals surface area contributed by atoms with Gasteiger partial charge in [0.2, 0.25) is 5.91 Å². The molecule has 0 aromatic rings. The number of carbonyl (C=O) groups is 1. The molecule has 2 aliphatic rings. The lowest BCUT2D eigenvalue weighted by Crippen LogP contribution is -2.54. The van der Waals surface area contributed by atoms with Crippen LogP contribution in [0.4, 0.5) is 0 Å². The standard InChI is InChI=1S/C14H23N3O/c1-12(2)10-16-6-8-17(9-7-16)13(18)14(11-15)4-3-5-14/h12H,3-10H2,1-2H3. The third-order valence-electron chi connectivity index (χ3n) is 4.11. The molecule has 1 aliphatic carbocycles. The van der Waals surface area contributed by atoms with E-state index >= 15 is 0 Å². The highest BCUT2D eigenvalue weighted by atomic mass is 16.2. The molecule has 0 aromatic heterocycles. The van der Waals surface area contributed by atoms with Gasteiger partial charge in [0.1, 0.15) is 5.41 Å². The second-order valence-corrected chi connectivity index (χ2v) is 6.03. The molecule has 4 heteroatoms. The zero-order chi connectivity index (χ0) is 13.2. The summed E-state index contributed by atoms with van der Waals surface area (Å²) >= 11 is 0. The van der Waals surface area contributed by atoms with Crippen LogP contribution in [0.1, 0.15) is 33.1 Å². The lowest BCUT2D eigenvalue weighted by atomic mass is 9.69. The van der Waals surface area contributed by atoms with E-state index in [0.29, 0.717) is 5.92 Å². The molecular weight excluding hydrogens is 226 g/mol. The van der Waals surface area contributed by atoms with Gasteiger partial charge in [0, 0.05) is 32.7 Å². The maximum atomic E-state index is 12.3. The van der Waals surface area contributed by atoms with Crippen LogP contribution >= 0.6 is 0 Å². The summed E-state index contributed by atoms with van der Waals surface area (Å²) in [5, 5.41) is 9.20. The number of amides is 1. The van der Waals surface area contributed by atoms with Crippen molar-refractivity contribution in [2.24, 2.45) is 11.3 Å². The molecule has 2 rings (SSSR count). The lowest BCUT2D eigenvalue weighted by Gasteiger charge is -2.42. The molecular formula is C14H23N3O. The van der Waals surface area contributed by atoms with Gasteiger partial charge in [-0.2, -0.15) is 5.26 Å². The Balaban J connectivity index is 1.86. The number of carbonyl (C=O) groups excluding carboxylic acids is 1. The zero-order valence-corrected chi connectivity index (χ0v) is 11.5. The molecule has 0 radical (unpaired) electrons. The first-order valence-corrected chi connectivity index (χ1v) is 7.00. The van der Waals surface area contributed by atoms with Gasteiger partial charge in [-0.05, 0) is 25.2 Å². The van der Waals surface area contributed by atoms with E-state index in [0.717, 1.165) is 52.0 Å². The maximum Gasteiger partial charge on any atom is 0.243 e. The minimum absolute atomic E-state index is 0.0837. The predicted octanol–water partition coefficient (Wildman–Crippen LogP) is 1.48. The summed E-state index contributed by atoms with van der Waals surface area (Å²) in [6.45, 7) is 9.01. The van der Waals surface area contributed by atoms with Gasteiger partial charge in [0.25, 0.3) is 0 Å². The largest absolute Gasteiger partial charge is 0.339 e. The maximum absolute atomic E-state index is 12.3. The molecule has 1 saturated heterocycles. The molecule has 0 aromatic carbocycles. The molecule has 0 bridgehead atoms. The first-order chi connectivity index (χ1) is 8.57. The first kappa shape index (κ1) is 13.4. The van der Waals surface area contributed by atoms with Crippen molar-refractivity contribution in [1.29, 1.82) is 5.26 Å².